The molecular formula is C16H23NO4. The topological polar surface area (TPSA) is 78.8 Å². The molecule has 1 aromatic carbocycles. The Bertz CT molecular complexity index is 493. The predicted molar refractivity (Wildman–Crippen MR) is 79.6 cm³/mol. The highest BCUT2D eigenvalue weighted by Gasteiger charge is 2.28. The molecule has 2 rings (SSSR count). The molecule has 0 atom stereocenters. The lowest BCUT2D eigenvalue weighted by Gasteiger charge is -2.26. The summed E-state index contributed by atoms with van der Waals surface area (Å²) >= 11 is 0. The molecule has 0 saturated heterocycles. The number of nitrogens with one attached hydrogen (secondary N) is 1. The largest absolute Gasteiger partial charge is 0.507 e. The summed E-state index contributed by atoms with van der Waals surface area (Å²) in [4.78, 5) is 12.2. The highest BCUT2D eigenvalue weighted by Crippen LogP contribution is 2.27. The number of rotatable bonds is 4. The number of hydrogen-bond acceptors (Lipinski definition) is 4. The molecule has 0 radical (unpaired) electrons. The number of phenolic OH excluding ortho intramolecular Hbond substituents is 1. The van der Waals surface area contributed by atoms with E-state index in [0.29, 0.717) is 18.6 Å². The molecule has 1 fully saturated rings. The highest BCUT2D eigenvalue weighted by atomic mass is 16.5. The number of hydrogen-bond donors (Lipinski definition) is 3. The number of carbonyl (C=O) groups is 1. The molecule has 0 spiro atoms. The quantitative estimate of drug-likeness (QED) is 0.744. The van der Waals surface area contributed by atoms with E-state index in [9.17, 15) is 15.0 Å². The van der Waals surface area contributed by atoms with Crippen LogP contribution in [0.1, 0.15) is 48.9 Å². The Morgan fingerprint density at radius 3 is 2.57 bits per heavy atom. The summed E-state index contributed by atoms with van der Waals surface area (Å²) < 4.78 is 5.05. The van der Waals surface area contributed by atoms with Gasteiger partial charge in [0.2, 0.25) is 0 Å². The standard InChI is InChI=1S/C16H23NO4/c1-21-12-6-7-14(18)13(10-12)15(19)17-11-16(20)8-4-2-3-5-9-16/h6-7,10,18,20H,2-5,8-9,11H2,1H3,(H,17,19). The fourth-order valence-electron chi connectivity index (χ4n) is 2.73. The van der Waals surface area contributed by atoms with Gasteiger partial charge in [0.15, 0.2) is 0 Å². The van der Waals surface area contributed by atoms with E-state index in [1.54, 1.807) is 6.07 Å². The van der Waals surface area contributed by atoms with Crippen molar-refractivity contribution in [3.8, 4) is 11.5 Å². The number of aliphatic hydroxyl groups is 1. The van der Waals surface area contributed by atoms with E-state index >= 15 is 0 Å². The van der Waals surface area contributed by atoms with Gasteiger partial charge in [-0.15, -0.1) is 0 Å². The van der Waals surface area contributed by atoms with Gasteiger partial charge in [-0.25, -0.2) is 0 Å². The first-order chi connectivity index (χ1) is 10.0. The fraction of sp³-hybridized carbons (Fsp3) is 0.562. The van der Waals surface area contributed by atoms with Gasteiger partial charge in [-0.2, -0.15) is 0 Å². The van der Waals surface area contributed by atoms with Crippen molar-refractivity contribution >= 4 is 5.91 Å². The SMILES string of the molecule is COc1ccc(O)c(C(=O)NCC2(O)CCCCCC2)c1. The maximum atomic E-state index is 12.2. The number of ether oxygens (including phenoxy) is 1. The normalized spacial score (nSPS) is 17.8. The summed E-state index contributed by atoms with van der Waals surface area (Å²) in [6.07, 6.45) is 5.64. The Hall–Kier alpha value is -1.75. The molecule has 21 heavy (non-hydrogen) atoms. The van der Waals surface area contributed by atoms with Crippen molar-refractivity contribution < 1.29 is 19.7 Å². The van der Waals surface area contributed by atoms with E-state index in [4.69, 9.17) is 4.74 Å². The summed E-state index contributed by atoms with van der Waals surface area (Å²) in [5, 5.41) is 23.0. The minimum Gasteiger partial charge on any atom is -0.507 e. The second-order valence-corrected chi connectivity index (χ2v) is 5.70. The van der Waals surface area contributed by atoms with Crippen molar-refractivity contribution in [2.75, 3.05) is 13.7 Å². The molecular weight excluding hydrogens is 270 g/mol. The summed E-state index contributed by atoms with van der Waals surface area (Å²) in [5.41, 5.74) is -0.674. The van der Waals surface area contributed by atoms with Gasteiger partial charge >= 0.3 is 0 Å². The summed E-state index contributed by atoms with van der Waals surface area (Å²) in [6, 6.07) is 4.50. The Balaban J connectivity index is 2.01. The van der Waals surface area contributed by atoms with Crippen LogP contribution < -0.4 is 10.1 Å². The first-order valence-electron chi connectivity index (χ1n) is 7.42. The summed E-state index contributed by atoms with van der Waals surface area (Å²) in [6.45, 7) is 0.211. The highest BCUT2D eigenvalue weighted by molar-refractivity contribution is 5.97. The van der Waals surface area contributed by atoms with Crippen LogP contribution in [0.25, 0.3) is 0 Å². The molecule has 0 heterocycles. The molecule has 1 amide bonds. The van der Waals surface area contributed by atoms with Gasteiger partial charge in [-0.1, -0.05) is 25.7 Å². The fourth-order valence-corrected chi connectivity index (χ4v) is 2.73. The second-order valence-electron chi connectivity index (χ2n) is 5.70. The van der Waals surface area contributed by atoms with Crippen LogP contribution in [0.15, 0.2) is 18.2 Å². The molecule has 116 valence electrons. The van der Waals surface area contributed by atoms with Crippen LogP contribution in [0.3, 0.4) is 0 Å². The summed E-state index contributed by atoms with van der Waals surface area (Å²) in [7, 11) is 1.50. The van der Waals surface area contributed by atoms with Crippen LogP contribution in [0.2, 0.25) is 0 Å². The Morgan fingerprint density at radius 2 is 1.95 bits per heavy atom. The smallest absolute Gasteiger partial charge is 0.255 e. The van der Waals surface area contributed by atoms with E-state index in [-0.39, 0.29) is 17.9 Å². The van der Waals surface area contributed by atoms with Crippen molar-refractivity contribution in [1.29, 1.82) is 0 Å². The van der Waals surface area contributed by atoms with Crippen LogP contribution in [-0.2, 0) is 0 Å². The van der Waals surface area contributed by atoms with Crippen molar-refractivity contribution in [3.05, 3.63) is 23.8 Å². The molecule has 5 heteroatoms. The minimum absolute atomic E-state index is 0.0962. The zero-order valence-electron chi connectivity index (χ0n) is 12.4. The van der Waals surface area contributed by atoms with Gasteiger partial charge in [-0.3, -0.25) is 4.79 Å². The Kier molecular flexibility index (Phi) is 5.07. The molecule has 3 N–H and O–H groups in total. The monoisotopic (exact) mass is 293 g/mol. The number of amides is 1. The Labute approximate surface area is 124 Å². The van der Waals surface area contributed by atoms with Crippen LogP contribution in [-0.4, -0.2) is 35.4 Å². The van der Waals surface area contributed by atoms with Gasteiger partial charge in [0.05, 0.1) is 18.3 Å². The van der Waals surface area contributed by atoms with E-state index in [0.717, 1.165) is 25.7 Å². The van der Waals surface area contributed by atoms with Gasteiger partial charge in [0, 0.05) is 6.54 Å². The molecule has 0 aromatic heterocycles. The molecule has 0 bridgehead atoms. The lowest BCUT2D eigenvalue weighted by Crippen LogP contribution is -2.42. The van der Waals surface area contributed by atoms with E-state index in [1.165, 1.54) is 19.2 Å². The van der Waals surface area contributed by atoms with E-state index in [1.807, 2.05) is 0 Å². The van der Waals surface area contributed by atoms with Gasteiger partial charge < -0.3 is 20.3 Å². The predicted octanol–water partition coefficient (Wildman–Crippen LogP) is 2.22. The van der Waals surface area contributed by atoms with Crippen molar-refractivity contribution in [1.82, 2.24) is 5.32 Å². The molecule has 0 aliphatic heterocycles. The second kappa shape index (κ2) is 6.80. The lowest BCUT2D eigenvalue weighted by atomic mass is 9.94. The van der Waals surface area contributed by atoms with Gasteiger partial charge in [0.1, 0.15) is 11.5 Å². The van der Waals surface area contributed by atoms with E-state index in [2.05, 4.69) is 5.32 Å². The zero-order chi connectivity index (χ0) is 15.3. The first kappa shape index (κ1) is 15.6. The average Bonchev–Trinajstić information content (AvgIpc) is 2.71. The number of aromatic hydroxyl groups is 1. The summed E-state index contributed by atoms with van der Waals surface area (Å²) in [5.74, 6) is 0.0105. The lowest BCUT2D eigenvalue weighted by molar-refractivity contribution is 0.0246. The number of phenols is 1. The maximum Gasteiger partial charge on any atom is 0.255 e. The van der Waals surface area contributed by atoms with Crippen molar-refractivity contribution in [2.24, 2.45) is 0 Å². The third-order valence-electron chi connectivity index (χ3n) is 4.06. The Morgan fingerprint density at radius 1 is 1.29 bits per heavy atom. The van der Waals surface area contributed by atoms with Crippen LogP contribution >= 0.6 is 0 Å². The molecule has 1 aliphatic rings. The molecule has 1 saturated carbocycles. The molecule has 1 aromatic rings. The van der Waals surface area contributed by atoms with Crippen LogP contribution in [0.5, 0.6) is 11.5 Å². The zero-order valence-corrected chi connectivity index (χ0v) is 12.4. The van der Waals surface area contributed by atoms with Crippen molar-refractivity contribution in [3.63, 3.8) is 0 Å². The average molecular weight is 293 g/mol. The van der Waals surface area contributed by atoms with Crippen molar-refractivity contribution in [2.45, 2.75) is 44.1 Å². The van der Waals surface area contributed by atoms with Gasteiger partial charge in [-0.05, 0) is 31.0 Å². The third kappa shape index (κ3) is 4.11. The van der Waals surface area contributed by atoms with E-state index < -0.39 is 11.5 Å². The number of methoxy groups -OCH3 is 1. The van der Waals surface area contributed by atoms with Gasteiger partial charge in [0.25, 0.3) is 5.91 Å². The molecule has 0 unspecified atom stereocenters. The molecule has 1 aliphatic carbocycles. The third-order valence-corrected chi connectivity index (χ3v) is 4.06. The maximum absolute atomic E-state index is 12.2. The number of benzene rings is 1. The minimum atomic E-state index is -0.833. The van der Waals surface area contributed by atoms with Crippen LogP contribution in [0, 0.1) is 0 Å². The number of carbonyl (C=O) groups excluding carboxylic acids is 1. The first-order valence-corrected chi connectivity index (χ1v) is 7.42. The molecule has 5 nitrogen and oxygen atoms in total. The van der Waals surface area contributed by atoms with Crippen LogP contribution in [0.4, 0.5) is 0 Å².